The number of benzene rings is 1. The molecule has 0 amide bonds. The van der Waals surface area contributed by atoms with Crippen LogP contribution < -0.4 is 11.1 Å². The fourth-order valence-corrected chi connectivity index (χ4v) is 2.87. The quantitative estimate of drug-likeness (QED) is 0.764. The maximum Gasteiger partial charge on any atom is 0.0948 e. The zero-order chi connectivity index (χ0) is 14.4. The molecule has 1 aromatic heterocycles. The molecule has 3 N–H and O–H groups in total. The van der Waals surface area contributed by atoms with Crippen molar-refractivity contribution >= 4 is 40.0 Å². The van der Waals surface area contributed by atoms with Crippen LogP contribution in [-0.4, -0.2) is 29.6 Å². The lowest BCUT2D eigenvalue weighted by Gasteiger charge is -2.19. The molecule has 1 unspecified atom stereocenters. The van der Waals surface area contributed by atoms with E-state index in [4.69, 9.17) is 17.3 Å². The van der Waals surface area contributed by atoms with Gasteiger partial charge in [-0.15, -0.1) is 0 Å². The van der Waals surface area contributed by atoms with Crippen LogP contribution in [0.5, 0.6) is 0 Å². The van der Waals surface area contributed by atoms with Gasteiger partial charge in [0.05, 0.1) is 16.2 Å². The fraction of sp³-hybridized carbons (Fsp3) is 0.400. The van der Waals surface area contributed by atoms with Crippen molar-refractivity contribution in [3.63, 3.8) is 0 Å². The number of rotatable bonds is 7. The lowest BCUT2D eigenvalue weighted by atomic mass is 10.1. The molecule has 0 saturated heterocycles. The first kappa shape index (κ1) is 15.4. The molecule has 2 aromatic rings. The smallest absolute Gasteiger partial charge is 0.0948 e. The lowest BCUT2D eigenvalue weighted by molar-refractivity contribution is 0.652. The Morgan fingerprint density at radius 2 is 2.25 bits per heavy atom. The Morgan fingerprint density at radius 3 is 3.00 bits per heavy atom. The van der Waals surface area contributed by atoms with Gasteiger partial charge in [0.1, 0.15) is 0 Å². The zero-order valence-corrected chi connectivity index (χ0v) is 13.2. The van der Waals surface area contributed by atoms with E-state index in [0.717, 1.165) is 40.2 Å². The number of nitrogens with two attached hydrogens (primary N) is 1. The number of anilines is 1. The molecule has 0 fully saturated rings. The lowest BCUT2D eigenvalue weighted by Crippen LogP contribution is -2.29. The number of hydrogen-bond donors (Lipinski definition) is 2. The minimum Gasteiger partial charge on any atom is -0.379 e. The van der Waals surface area contributed by atoms with Crippen molar-refractivity contribution in [1.29, 1.82) is 0 Å². The standard InChI is InChI=1S/C15H20ClN3S/c1-20-9-3-4-11(10-17)19-14-7-6-13(16)12-5-2-8-18-15(12)14/h2,5-8,11,19H,3-4,9-10,17H2,1H3. The highest BCUT2D eigenvalue weighted by molar-refractivity contribution is 7.98. The number of halogens is 1. The maximum absolute atomic E-state index is 6.21. The summed E-state index contributed by atoms with van der Waals surface area (Å²) in [5.41, 5.74) is 7.77. The molecule has 3 nitrogen and oxygen atoms in total. The number of nitrogens with one attached hydrogen (secondary N) is 1. The molecule has 0 aliphatic heterocycles. The summed E-state index contributed by atoms with van der Waals surface area (Å²) in [5, 5.41) is 5.20. The predicted molar refractivity (Wildman–Crippen MR) is 90.8 cm³/mol. The van der Waals surface area contributed by atoms with Crippen LogP contribution in [0.4, 0.5) is 5.69 Å². The first-order valence-electron chi connectivity index (χ1n) is 6.75. The highest BCUT2D eigenvalue weighted by Crippen LogP contribution is 2.28. The minimum absolute atomic E-state index is 0.272. The molecule has 0 bridgehead atoms. The van der Waals surface area contributed by atoms with E-state index in [-0.39, 0.29) is 6.04 Å². The molecule has 5 heteroatoms. The number of nitrogens with zero attached hydrogens (tertiary/aromatic N) is 1. The third-order valence-corrected chi connectivity index (χ3v) is 4.29. The molecular formula is C15H20ClN3S. The molecule has 0 saturated carbocycles. The molecule has 1 aromatic carbocycles. The van der Waals surface area contributed by atoms with Gasteiger partial charge >= 0.3 is 0 Å². The fourth-order valence-electron chi connectivity index (χ4n) is 2.20. The van der Waals surface area contributed by atoms with Gasteiger partial charge < -0.3 is 11.1 Å². The largest absolute Gasteiger partial charge is 0.379 e. The van der Waals surface area contributed by atoms with Crippen molar-refractivity contribution in [2.75, 3.05) is 23.9 Å². The number of pyridine rings is 1. The predicted octanol–water partition coefficient (Wildman–Crippen LogP) is 3.77. The normalized spacial score (nSPS) is 12.6. The summed E-state index contributed by atoms with van der Waals surface area (Å²) in [5.74, 6) is 1.16. The second-order valence-corrected chi connectivity index (χ2v) is 6.10. The van der Waals surface area contributed by atoms with Crippen molar-refractivity contribution in [2.45, 2.75) is 18.9 Å². The van der Waals surface area contributed by atoms with E-state index >= 15 is 0 Å². The molecule has 108 valence electrons. The Labute approximate surface area is 129 Å². The number of fused-ring (bicyclic) bond motifs is 1. The average molecular weight is 310 g/mol. The van der Waals surface area contributed by atoms with Crippen molar-refractivity contribution in [3.05, 3.63) is 35.5 Å². The summed E-state index contributed by atoms with van der Waals surface area (Å²) >= 11 is 8.07. The molecule has 1 heterocycles. The first-order chi connectivity index (χ1) is 9.76. The molecular weight excluding hydrogens is 290 g/mol. The molecule has 0 spiro atoms. The summed E-state index contributed by atoms with van der Waals surface area (Å²) in [4.78, 5) is 4.43. The van der Waals surface area contributed by atoms with Gasteiger partial charge in [-0.25, -0.2) is 0 Å². The van der Waals surface area contributed by atoms with E-state index in [0.29, 0.717) is 6.54 Å². The van der Waals surface area contributed by atoms with Gasteiger partial charge in [0.15, 0.2) is 0 Å². The van der Waals surface area contributed by atoms with Crippen LogP contribution >= 0.6 is 23.4 Å². The van der Waals surface area contributed by atoms with E-state index < -0.39 is 0 Å². The second kappa shape index (κ2) is 7.72. The van der Waals surface area contributed by atoms with Crippen LogP contribution in [-0.2, 0) is 0 Å². The van der Waals surface area contributed by atoms with Gasteiger partial charge in [-0.1, -0.05) is 11.6 Å². The summed E-state index contributed by atoms with van der Waals surface area (Å²) in [6.45, 7) is 0.616. The van der Waals surface area contributed by atoms with Gasteiger partial charge in [-0.2, -0.15) is 11.8 Å². The topological polar surface area (TPSA) is 50.9 Å². The van der Waals surface area contributed by atoms with Crippen molar-refractivity contribution in [1.82, 2.24) is 4.98 Å². The molecule has 20 heavy (non-hydrogen) atoms. The van der Waals surface area contributed by atoms with Crippen LogP contribution in [0.3, 0.4) is 0 Å². The van der Waals surface area contributed by atoms with E-state index in [9.17, 15) is 0 Å². The van der Waals surface area contributed by atoms with Crippen molar-refractivity contribution < 1.29 is 0 Å². The summed E-state index contributed by atoms with van der Waals surface area (Å²) in [7, 11) is 0. The molecule has 1 atom stereocenters. The van der Waals surface area contributed by atoms with Gasteiger partial charge in [-0.05, 0) is 49.1 Å². The molecule has 0 aliphatic carbocycles. The summed E-state index contributed by atoms with van der Waals surface area (Å²) < 4.78 is 0. The van der Waals surface area contributed by atoms with Gasteiger partial charge in [0, 0.05) is 24.2 Å². The maximum atomic E-state index is 6.21. The van der Waals surface area contributed by atoms with Gasteiger partial charge in [0.25, 0.3) is 0 Å². The highest BCUT2D eigenvalue weighted by Gasteiger charge is 2.10. The number of thioether (sulfide) groups is 1. The van der Waals surface area contributed by atoms with Crippen molar-refractivity contribution in [2.24, 2.45) is 5.73 Å². The average Bonchev–Trinajstić information content (AvgIpc) is 2.49. The summed E-state index contributed by atoms with van der Waals surface area (Å²) in [6.07, 6.45) is 6.14. The number of aromatic nitrogens is 1. The van der Waals surface area contributed by atoms with E-state index in [1.54, 1.807) is 6.20 Å². The van der Waals surface area contributed by atoms with Crippen LogP contribution in [0, 0.1) is 0 Å². The van der Waals surface area contributed by atoms with Gasteiger partial charge in [-0.3, -0.25) is 4.98 Å². The van der Waals surface area contributed by atoms with Crippen molar-refractivity contribution in [3.8, 4) is 0 Å². The van der Waals surface area contributed by atoms with Crippen LogP contribution in [0.25, 0.3) is 10.9 Å². The molecule has 0 radical (unpaired) electrons. The third-order valence-electron chi connectivity index (χ3n) is 3.26. The monoisotopic (exact) mass is 309 g/mol. The second-order valence-electron chi connectivity index (χ2n) is 4.71. The Balaban J connectivity index is 2.18. The van der Waals surface area contributed by atoms with Crippen LogP contribution in [0.15, 0.2) is 30.5 Å². The van der Waals surface area contributed by atoms with E-state index in [2.05, 4.69) is 16.6 Å². The first-order valence-corrected chi connectivity index (χ1v) is 8.52. The minimum atomic E-state index is 0.272. The zero-order valence-electron chi connectivity index (χ0n) is 11.6. The van der Waals surface area contributed by atoms with Gasteiger partial charge in [0.2, 0.25) is 0 Å². The van der Waals surface area contributed by atoms with Crippen LogP contribution in [0.1, 0.15) is 12.8 Å². The Bertz CT molecular complexity index is 562. The molecule has 2 rings (SSSR count). The Kier molecular flexibility index (Phi) is 5.95. The summed E-state index contributed by atoms with van der Waals surface area (Å²) in [6, 6.07) is 8.05. The Morgan fingerprint density at radius 1 is 1.40 bits per heavy atom. The number of hydrogen-bond acceptors (Lipinski definition) is 4. The Hall–Kier alpha value is -0.970. The third kappa shape index (κ3) is 3.78. The SMILES string of the molecule is CSCCCC(CN)Nc1ccc(Cl)c2cccnc12. The molecule has 0 aliphatic rings. The highest BCUT2D eigenvalue weighted by atomic mass is 35.5. The van der Waals surface area contributed by atoms with E-state index in [1.165, 1.54) is 0 Å². The van der Waals surface area contributed by atoms with Crippen LogP contribution in [0.2, 0.25) is 5.02 Å². The van der Waals surface area contributed by atoms with E-state index in [1.807, 2.05) is 36.0 Å².